The first kappa shape index (κ1) is 18.2. The summed E-state index contributed by atoms with van der Waals surface area (Å²) in [6.45, 7) is 7.52. The number of amides is 1. The fourth-order valence-corrected chi connectivity index (χ4v) is 3.62. The molecule has 0 atom stereocenters. The summed E-state index contributed by atoms with van der Waals surface area (Å²) in [6, 6.07) is 7.77. The molecule has 0 aliphatic carbocycles. The van der Waals surface area contributed by atoms with E-state index in [0.717, 1.165) is 16.8 Å². The van der Waals surface area contributed by atoms with Crippen LogP contribution in [0.1, 0.15) is 52.0 Å². The van der Waals surface area contributed by atoms with Gasteiger partial charge in [0, 0.05) is 17.8 Å². The number of nitrogens with one attached hydrogen (secondary N) is 2. The summed E-state index contributed by atoms with van der Waals surface area (Å²) in [6.07, 6.45) is 0.687. The molecule has 24 heavy (non-hydrogen) atoms. The molecule has 2 N–H and O–H groups in total. The fourth-order valence-electron chi connectivity index (χ4n) is 2.59. The van der Waals surface area contributed by atoms with E-state index in [-0.39, 0.29) is 12.3 Å². The lowest BCUT2D eigenvalue weighted by Crippen LogP contribution is -2.28. The number of anilines is 1. The largest absolute Gasteiger partial charge is 0.342 e. The Balaban J connectivity index is 1.99. The Morgan fingerprint density at radius 3 is 2.62 bits per heavy atom. The molecule has 0 unspecified atom stereocenters. The number of nitrogens with zero attached hydrogens (tertiary/aromatic N) is 1. The number of benzene rings is 1. The number of carbonyl (C=O) groups excluding carboxylic acids is 1. The lowest BCUT2D eigenvalue weighted by Gasteiger charge is -2.18. The zero-order valence-electron chi connectivity index (χ0n) is 14.4. The molecular weight excluding hydrogens is 326 g/mol. The van der Waals surface area contributed by atoms with E-state index in [1.807, 2.05) is 24.3 Å². The summed E-state index contributed by atoms with van der Waals surface area (Å²) in [5, 5.41) is 2.88. The molecule has 0 bridgehead atoms. The number of carbonyl (C=O) groups is 1. The first-order valence-electron chi connectivity index (χ1n) is 7.87. The number of hydrogen-bond donors (Lipinski definition) is 2. The zero-order valence-corrected chi connectivity index (χ0v) is 15.2. The quantitative estimate of drug-likeness (QED) is 0.856. The van der Waals surface area contributed by atoms with Gasteiger partial charge in [0.1, 0.15) is 0 Å². The molecule has 0 radical (unpaired) electrons. The van der Waals surface area contributed by atoms with Crippen molar-refractivity contribution >= 4 is 27.5 Å². The van der Waals surface area contributed by atoms with Gasteiger partial charge in [-0.1, -0.05) is 26.0 Å². The van der Waals surface area contributed by atoms with E-state index in [0.29, 0.717) is 23.7 Å². The van der Waals surface area contributed by atoms with Crippen molar-refractivity contribution in [1.82, 2.24) is 4.72 Å². The van der Waals surface area contributed by atoms with Crippen molar-refractivity contribution in [3.8, 4) is 0 Å². The third-order valence-electron chi connectivity index (χ3n) is 3.87. The van der Waals surface area contributed by atoms with E-state index in [2.05, 4.69) is 28.3 Å². The fraction of sp³-hybridized carbons (Fsp3) is 0.412. The smallest absolute Gasteiger partial charge is 0.326 e. The molecule has 130 valence electrons. The highest BCUT2D eigenvalue weighted by Gasteiger charge is 2.20. The number of allylic oxidation sites excluding steroid dienone is 2. The van der Waals surface area contributed by atoms with Gasteiger partial charge in [-0.25, -0.2) is 0 Å². The Labute approximate surface area is 143 Å². The maximum absolute atomic E-state index is 12.2. The predicted octanol–water partition coefficient (Wildman–Crippen LogP) is 3.11. The predicted molar refractivity (Wildman–Crippen MR) is 96.3 cm³/mol. The lowest BCUT2D eigenvalue weighted by molar-refractivity contribution is -0.116. The van der Waals surface area contributed by atoms with Crippen molar-refractivity contribution in [3.63, 3.8) is 0 Å². The molecule has 7 heteroatoms. The number of hydrogen-bond acceptors (Lipinski definition) is 3. The third-order valence-corrected chi connectivity index (χ3v) is 4.95. The molecule has 1 aliphatic rings. The van der Waals surface area contributed by atoms with Crippen LogP contribution < -0.4 is 10.0 Å². The lowest BCUT2D eigenvalue weighted by atomic mass is 10.0. The van der Waals surface area contributed by atoms with Gasteiger partial charge in [-0.05, 0) is 49.5 Å². The van der Waals surface area contributed by atoms with Crippen LogP contribution in [0.2, 0.25) is 0 Å². The molecule has 0 saturated heterocycles. The molecule has 0 spiro atoms. The Bertz CT molecular complexity index is 808. The van der Waals surface area contributed by atoms with Crippen molar-refractivity contribution in [1.29, 1.82) is 0 Å². The molecule has 1 heterocycles. The highest BCUT2D eigenvalue weighted by Crippen LogP contribution is 2.20. The Morgan fingerprint density at radius 2 is 2.00 bits per heavy atom. The molecular formula is C17H23N3O3S. The number of rotatable bonds is 5. The maximum atomic E-state index is 12.2. The maximum Gasteiger partial charge on any atom is 0.342 e. The van der Waals surface area contributed by atoms with Gasteiger partial charge >= 0.3 is 10.2 Å². The van der Waals surface area contributed by atoms with Gasteiger partial charge in [0.25, 0.3) is 0 Å². The van der Waals surface area contributed by atoms with Crippen molar-refractivity contribution < 1.29 is 13.2 Å². The first-order valence-corrected chi connectivity index (χ1v) is 9.31. The monoisotopic (exact) mass is 349 g/mol. The van der Waals surface area contributed by atoms with Crippen LogP contribution in [0.4, 0.5) is 5.69 Å². The third kappa shape index (κ3) is 4.67. The highest BCUT2D eigenvalue weighted by atomic mass is 32.2. The molecule has 2 rings (SSSR count). The average Bonchev–Trinajstić information content (AvgIpc) is 2.45. The standard InChI is InChI=1S/C17H23N3O3S/c1-11(2)14-6-5-7-15(10-14)18-17(21)9-8-16-12(3)19-24(22,23)20-13(16)4/h5-7,10-11,19H,8-9H2,1-4H3,(H,18,21). The minimum Gasteiger partial charge on any atom is -0.326 e. The van der Waals surface area contributed by atoms with Crippen LogP contribution in [-0.2, 0) is 15.0 Å². The highest BCUT2D eigenvalue weighted by molar-refractivity contribution is 7.88. The van der Waals surface area contributed by atoms with Crippen LogP contribution in [0.15, 0.2) is 39.9 Å². The SMILES string of the molecule is CC1=NS(=O)(=O)NC(C)=C1CCC(=O)Nc1cccc(C(C)C)c1. The molecule has 0 saturated carbocycles. The van der Waals surface area contributed by atoms with Crippen molar-refractivity contribution in [2.24, 2.45) is 4.40 Å². The minimum absolute atomic E-state index is 0.113. The van der Waals surface area contributed by atoms with E-state index < -0.39 is 10.2 Å². The van der Waals surface area contributed by atoms with Crippen LogP contribution in [0.3, 0.4) is 0 Å². The second-order valence-electron chi connectivity index (χ2n) is 6.19. The molecule has 1 amide bonds. The molecule has 1 aromatic rings. The van der Waals surface area contributed by atoms with Gasteiger partial charge in [-0.15, -0.1) is 4.40 Å². The van der Waals surface area contributed by atoms with Gasteiger partial charge in [0.2, 0.25) is 5.91 Å². The molecule has 1 aromatic carbocycles. The summed E-state index contributed by atoms with van der Waals surface area (Å²) in [5.41, 5.74) is 3.65. The molecule has 0 fully saturated rings. The van der Waals surface area contributed by atoms with Crippen LogP contribution in [-0.4, -0.2) is 20.0 Å². The van der Waals surface area contributed by atoms with Crippen LogP contribution in [0.5, 0.6) is 0 Å². The minimum atomic E-state index is -3.63. The first-order chi connectivity index (χ1) is 11.2. The average molecular weight is 349 g/mol. The van der Waals surface area contributed by atoms with E-state index in [4.69, 9.17) is 0 Å². The molecule has 1 aliphatic heterocycles. The van der Waals surface area contributed by atoms with Gasteiger partial charge in [0.05, 0.1) is 5.71 Å². The Morgan fingerprint density at radius 1 is 1.29 bits per heavy atom. The van der Waals surface area contributed by atoms with E-state index in [1.165, 1.54) is 0 Å². The second kappa shape index (κ2) is 7.17. The summed E-state index contributed by atoms with van der Waals surface area (Å²) in [7, 11) is -3.63. The van der Waals surface area contributed by atoms with E-state index in [1.54, 1.807) is 13.8 Å². The molecule has 6 nitrogen and oxygen atoms in total. The Hall–Kier alpha value is -2.15. The van der Waals surface area contributed by atoms with Crippen molar-refractivity contribution in [2.75, 3.05) is 5.32 Å². The zero-order chi connectivity index (χ0) is 17.9. The molecule has 0 aromatic heterocycles. The second-order valence-corrected chi connectivity index (χ2v) is 7.52. The summed E-state index contributed by atoms with van der Waals surface area (Å²) in [5.74, 6) is 0.279. The van der Waals surface area contributed by atoms with Gasteiger partial charge in [-0.2, -0.15) is 8.42 Å². The Kier molecular flexibility index (Phi) is 5.43. The van der Waals surface area contributed by atoms with Crippen molar-refractivity contribution in [2.45, 2.75) is 46.5 Å². The van der Waals surface area contributed by atoms with Gasteiger partial charge in [0.15, 0.2) is 0 Å². The normalized spacial score (nSPS) is 16.6. The van der Waals surface area contributed by atoms with Gasteiger partial charge < -0.3 is 5.32 Å². The van der Waals surface area contributed by atoms with Crippen molar-refractivity contribution in [3.05, 3.63) is 41.1 Å². The topological polar surface area (TPSA) is 87.6 Å². The van der Waals surface area contributed by atoms with Crippen LogP contribution in [0.25, 0.3) is 0 Å². The van der Waals surface area contributed by atoms with Gasteiger partial charge in [-0.3, -0.25) is 9.52 Å². The summed E-state index contributed by atoms with van der Waals surface area (Å²) in [4.78, 5) is 12.2. The van der Waals surface area contributed by atoms with Crippen LogP contribution >= 0.6 is 0 Å². The summed E-state index contributed by atoms with van der Waals surface area (Å²) < 4.78 is 28.9. The van der Waals surface area contributed by atoms with E-state index >= 15 is 0 Å². The van der Waals surface area contributed by atoms with Crippen LogP contribution in [0, 0.1) is 0 Å². The summed E-state index contributed by atoms with van der Waals surface area (Å²) >= 11 is 0. The van der Waals surface area contributed by atoms with E-state index in [9.17, 15) is 13.2 Å².